The van der Waals surface area contributed by atoms with Crippen molar-refractivity contribution in [2.45, 2.75) is 44.8 Å². The third kappa shape index (κ3) is 7.70. The standard InChI is InChI=1S/C23H26BrFO5.Na/c1-13(2)19-12-20(24)23(30-3)22(14-4-6-15(25)7-5-14)18(19)9-8-16(26)10-17(27)11-21(28)29;/h4-9,12-13,16-17,26-27H,10-11H2,1-3H3,(H,28,29);/q;+1/p-1/b9-8+;. The first-order valence-electron chi connectivity index (χ1n) is 9.54. The van der Waals surface area contributed by atoms with E-state index >= 15 is 0 Å². The summed E-state index contributed by atoms with van der Waals surface area (Å²) in [7, 11) is 1.54. The zero-order chi connectivity index (χ0) is 22.4. The number of carboxylic acid groups (broad SMARTS) is 1. The fourth-order valence-corrected chi connectivity index (χ4v) is 3.87. The molecular weight excluding hydrogens is 478 g/mol. The quantitative estimate of drug-likeness (QED) is 0.491. The summed E-state index contributed by atoms with van der Waals surface area (Å²) < 4.78 is 19.8. The van der Waals surface area contributed by atoms with E-state index in [-0.39, 0.29) is 47.7 Å². The van der Waals surface area contributed by atoms with Crippen molar-refractivity contribution in [2.75, 3.05) is 7.11 Å². The van der Waals surface area contributed by atoms with Gasteiger partial charge in [0.05, 0.1) is 23.8 Å². The van der Waals surface area contributed by atoms with E-state index in [1.54, 1.807) is 25.3 Å². The van der Waals surface area contributed by atoms with E-state index in [1.165, 1.54) is 18.2 Å². The first kappa shape index (κ1) is 27.8. The molecule has 2 unspecified atom stereocenters. The Morgan fingerprint density at radius 1 is 1.26 bits per heavy atom. The number of hydrogen-bond acceptors (Lipinski definition) is 5. The van der Waals surface area contributed by atoms with Crippen molar-refractivity contribution in [1.29, 1.82) is 0 Å². The topological polar surface area (TPSA) is 89.8 Å². The summed E-state index contributed by atoms with van der Waals surface area (Å²) in [5.74, 6) is -1.03. The van der Waals surface area contributed by atoms with Crippen LogP contribution in [0, 0.1) is 5.82 Å². The van der Waals surface area contributed by atoms with E-state index in [1.807, 2.05) is 19.9 Å². The summed E-state index contributed by atoms with van der Waals surface area (Å²) in [6, 6.07) is 7.97. The molecular formula is C23H25BrFNaO5. The van der Waals surface area contributed by atoms with Crippen LogP contribution in [0.4, 0.5) is 4.39 Å². The third-order valence-corrected chi connectivity index (χ3v) is 5.26. The van der Waals surface area contributed by atoms with Crippen molar-refractivity contribution in [3.8, 4) is 16.9 Å². The van der Waals surface area contributed by atoms with Gasteiger partial charge in [-0.1, -0.05) is 38.1 Å². The average molecular weight is 503 g/mol. The molecule has 8 heteroatoms. The van der Waals surface area contributed by atoms with Gasteiger partial charge in [-0.3, -0.25) is 0 Å². The Bertz CT molecular complexity index is 915. The summed E-state index contributed by atoms with van der Waals surface area (Å²) in [5, 5.41) is 30.6. The van der Waals surface area contributed by atoms with Crippen molar-refractivity contribution in [1.82, 2.24) is 0 Å². The van der Waals surface area contributed by atoms with Crippen LogP contribution < -0.4 is 39.4 Å². The molecule has 0 aromatic heterocycles. The van der Waals surface area contributed by atoms with Crippen LogP contribution in [0.1, 0.15) is 43.7 Å². The van der Waals surface area contributed by atoms with Crippen LogP contribution in [0.3, 0.4) is 0 Å². The number of benzene rings is 2. The van der Waals surface area contributed by atoms with Gasteiger partial charge < -0.3 is 24.9 Å². The van der Waals surface area contributed by atoms with Crippen molar-refractivity contribution in [3.63, 3.8) is 0 Å². The van der Waals surface area contributed by atoms with E-state index < -0.39 is 24.6 Å². The molecule has 2 aromatic rings. The Kier molecular flexibility index (Phi) is 11.4. The van der Waals surface area contributed by atoms with E-state index in [9.17, 15) is 24.5 Å². The second-order valence-corrected chi connectivity index (χ2v) is 8.18. The smallest absolute Gasteiger partial charge is 0.550 e. The molecule has 2 rings (SSSR count). The molecule has 0 bridgehead atoms. The molecule has 0 spiro atoms. The van der Waals surface area contributed by atoms with E-state index in [4.69, 9.17) is 4.74 Å². The second-order valence-electron chi connectivity index (χ2n) is 7.32. The summed E-state index contributed by atoms with van der Waals surface area (Å²) in [4.78, 5) is 10.6. The fourth-order valence-electron chi connectivity index (χ4n) is 3.27. The molecule has 0 saturated heterocycles. The van der Waals surface area contributed by atoms with Crippen molar-refractivity contribution >= 4 is 28.0 Å². The van der Waals surface area contributed by atoms with Gasteiger partial charge in [0.25, 0.3) is 0 Å². The minimum atomic E-state index is -1.38. The maximum atomic E-state index is 13.5. The number of rotatable bonds is 9. The Balaban J connectivity index is 0.00000480. The maximum absolute atomic E-state index is 13.5. The first-order valence-corrected chi connectivity index (χ1v) is 10.3. The van der Waals surface area contributed by atoms with Gasteiger partial charge in [0.2, 0.25) is 0 Å². The number of carboxylic acids is 1. The van der Waals surface area contributed by atoms with Crippen molar-refractivity contribution < 1.29 is 58.8 Å². The minimum Gasteiger partial charge on any atom is -0.550 e. The number of carbonyl (C=O) groups is 1. The first-order chi connectivity index (χ1) is 14.1. The van der Waals surface area contributed by atoms with E-state index in [0.29, 0.717) is 5.75 Å². The third-order valence-electron chi connectivity index (χ3n) is 4.67. The van der Waals surface area contributed by atoms with Crippen LogP contribution in [0.15, 0.2) is 40.9 Å². The Morgan fingerprint density at radius 2 is 1.87 bits per heavy atom. The van der Waals surface area contributed by atoms with Crippen LogP contribution >= 0.6 is 15.9 Å². The van der Waals surface area contributed by atoms with Gasteiger partial charge in [-0.15, -0.1) is 0 Å². The van der Waals surface area contributed by atoms with Gasteiger partial charge in [0.15, 0.2) is 0 Å². The van der Waals surface area contributed by atoms with Crippen molar-refractivity contribution in [3.05, 3.63) is 57.8 Å². The number of carbonyl (C=O) groups excluding carboxylic acids is 1. The normalized spacial score (nSPS) is 13.2. The molecule has 0 aliphatic heterocycles. The summed E-state index contributed by atoms with van der Waals surface area (Å²) in [6.45, 7) is 4.06. The molecule has 0 amide bonds. The Hall–Kier alpha value is -1.22. The number of aliphatic carboxylic acids is 1. The molecule has 0 aliphatic rings. The minimum absolute atomic E-state index is 0. The van der Waals surface area contributed by atoms with Gasteiger partial charge in [0.1, 0.15) is 11.6 Å². The molecule has 2 atom stereocenters. The van der Waals surface area contributed by atoms with E-state index in [2.05, 4.69) is 15.9 Å². The van der Waals surface area contributed by atoms with Crippen LogP contribution in [-0.2, 0) is 4.79 Å². The van der Waals surface area contributed by atoms with Crippen LogP contribution in [0.25, 0.3) is 17.2 Å². The Labute approximate surface area is 212 Å². The second kappa shape index (κ2) is 12.7. The molecule has 2 aromatic carbocycles. The predicted molar refractivity (Wildman–Crippen MR) is 115 cm³/mol. The number of aliphatic hydroxyl groups is 2. The molecule has 0 radical (unpaired) electrons. The SMILES string of the molecule is COc1c(Br)cc(C(C)C)c(/C=C/C(O)CC(O)CC(=O)[O-])c1-c1ccc(F)cc1.[Na+]. The van der Waals surface area contributed by atoms with E-state index in [0.717, 1.165) is 26.7 Å². The average Bonchev–Trinajstić information content (AvgIpc) is 2.66. The molecule has 0 aliphatic carbocycles. The summed E-state index contributed by atoms with van der Waals surface area (Å²) >= 11 is 3.54. The van der Waals surface area contributed by atoms with Gasteiger partial charge in [-0.25, -0.2) is 4.39 Å². The van der Waals surface area contributed by atoms with Crippen LogP contribution in [0.2, 0.25) is 0 Å². The molecule has 31 heavy (non-hydrogen) atoms. The zero-order valence-corrected chi connectivity index (χ0v) is 21.6. The monoisotopic (exact) mass is 502 g/mol. The molecule has 0 saturated carbocycles. The predicted octanol–water partition coefficient (Wildman–Crippen LogP) is 0.656. The number of aliphatic hydroxyl groups excluding tert-OH is 2. The molecule has 0 heterocycles. The van der Waals surface area contributed by atoms with Gasteiger partial charge in [0, 0.05) is 24.4 Å². The summed E-state index contributed by atoms with van der Waals surface area (Å²) in [5.41, 5.74) is 3.22. The largest absolute Gasteiger partial charge is 1.00 e. The Morgan fingerprint density at radius 3 is 2.39 bits per heavy atom. The van der Waals surface area contributed by atoms with Crippen LogP contribution in [0.5, 0.6) is 5.75 Å². The maximum Gasteiger partial charge on any atom is 1.00 e. The zero-order valence-electron chi connectivity index (χ0n) is 18.1. The van der Waals surface area contributed by atoms with Gasteiger partial charge in [-0.2, -0.15) is 0 Å². The van der Waals surface area contributed by atoms with Crippen LogP contribution in [-0.4, -0.2) is 35.5 Å². The number of methoxy groups -OCH3 is 1. The number of hydrogen-bond donors (Lipinski definition) is 2. The molecule has 162 valence electrons. The molecule has 5 nitrogen and oxygen atoms in total. The number of halogens is 2. The summed E-state index contributed by atoms with van der Waals surface area (Å²) in [6.07, 6.45) is 0.264. The molecule has 0 fully saturated rings. The van der Waals surface area contributed by atoms with Gasteiger partial charge in [-0.05, 0) is 56.7 Å². The fraction of sp³-hybridized carbons (Fsp3) is 0.348. The van der Waals surface area contributed by atoms with Crippen molar-refractivity contribution in [2.24, 2.45) is 0 Å². The number of ether oxygens (including phenoxy) is 1. The van der Waals surface area contributed by atoms with Gasteiger partial charge >= 0.3 is 29.6 Å². The molecule has 2 N–H and O–H groups in total.